The lowest BCUT2D eigenvalue weighted by atomic mass is 9.87. The van der Waals surface area contributed by atoms with Gasteiger partial charge in [-0.1, -0.05) is 128 Å². The number of methoxy groups -OCH3 is 2. The summed E-state index contributed by atoms with van der Waals surface area (Å²) in [6, 6.07) is 18.4. The molecule has 2 aromatic rings. The van der Waals surface area contributed by atoms with Crippen LogP contribution in [0.3, 0.4) is 0 Å². The Morgan fingerprint density at radius 1 is 0.862 bits per heavy atom. The number of rotatable bonds is 23. The molecule has 322 valence electrons. The van der Waals surface area contributed by atoms with Gasteiger partial charge >= 0.3 is 0 Å². The summed E-state index contributed by atoms with van der Waals surface area (Å²) in [4.78, 5) is 59.2. The first-order chi connectivity index (χ1) is 27.7. The van der Waals surface area contributed by atoms with Gasteiger partial charge in [-0.05, 0) is 68.7 Å². The first-order valence-corrected chi connectivity index (χ1v) is 21.3. The van der Waals surface area contributed by atoms with Gasteiger partial charge in [-0.15, -0.1) is 0 Å². The number of benzene rings is 2. The molecule has 1 saturated heterocycles. The maximum absolute atomic E-state index is 14.4. The normalized spacial score (nSPS) is 18.8. The maximum Gasteiger partial charge on any atom is 0.244 e. The van der Waals surface area contributed by atoms with E-state index in [-0.39, 0.29) is 65.9 Å². The minimum absolute atomic E-state index is 0.00172. The molecule has 11 nitrogen and oxygen atoms in total. The molecule has 1 heterocycles. The third-order valence-electron chi connectivity index (χ3n) is 12.0. The van der Waals surface area contributed by atoms with Crippen LogP contribution in [0.2, 0.25) is 0 Å². The Hall–Kier alpha value is -3.90. The summed E-state index contributed by atoms with van der Waals surface area (Å²) in [5.74, 6) is -1.54. The number of nitrogens with zero attached hydrogens (tertiary/aromatic N) is 2. The molecule has 0 radical (unpaired) electrons. The molecule has 9 atom stereocenters. The first kappa shape index (κ1) is 48.5. The highest BCUT2D eigenvalue weighted by molar-refractivity contribution is 6.00. The van der Waals surface area contributed by atoms with E-state index in [1.807, 2.05) is 87.9 Å². The van der Waals surface area contributed by atoms with Crippen LogP contribution >= 0.6 is 0 Å². The molecule has 0 aliphatic carbocycles. The van der Waals surface area contributed by atoms with E-state index in [1.54, 1.807) is 21.3 Å². The van der Waals surface area contributed by atoms with Gasteiger partial charge in [0.15, 0.2) is 0 Å². The van der Waals surface area contributed by atoms with Gasteiger partial charge in [0.1, 0.15) is 0 Å². The second-order valence-corrected chi connectivity index (χ2v) is 16.8. The molecule has 2 aromatic carbocycles. The number of likely N-dealkylation sites (tertiary alicyclic amines) is 1. The van der Waals surface area contributed by atoms with E-state index in [4.69, 9.17) is 9.47 Å². The zero-order valence-electron chi connectivity index (χ0n) is 37.1. The molecular formula is C47H73N5O6. The van der Waals surface area contributed by atoms with Crippen LogP contribution in [0, 0.1) is 23.7 Å². The van der Waals surface area contributed by atoms with E-state index < -0.39 is 30.2 Å². The zero-order chi connectivity index (χ0) is 42.9. The summed E-state index contributed by atoms with van der Waals surface area (Å²) in [6.45, 7) is 14.4. The second kappa shape index (κ2) is 24.2. The molecule has 0 spiro atoms. The molecule has 58 heavy (non-hydrogen) atoms. The number of carbonyl (C=O) groups is 4. The van der Waals surface area contributed by atoms with Gasteiger partial charge < -0.3 is 25.0 Å². The summed E-state index contributed by atoms with van der Waals surface area (Å²) in [5.41, 5.74) is 2.32. The molecule has 1 fully saturated rings. The van der Waals surface area contributed by atoms with Crippen molar-refractivity contribution in [3.63, 3.8) is 0 Å². The molecule has 1 aliphatic heterocycles. The minimum Gasteiger partial charge on any atom is -0.379 e. The van der Waals surface area contributed by atoms with Crippen molar-refractivity contribution in [2.45, 2.75) is 129 Å². The van der Waals surface area contributed by atoms with E-state index >= 15 is 0 Å². The van der Waals surface area contributed by atoms with Crippen LogP contribution in [0.25, 0.3) is 0 Å². The summed E-state index contributed by atoms with van der Waals surface area (Å²) >= 11 is 0. The SMILES string of the molecule is CC[C@H](C)[C@@H]([C@@H](CC(=O)N1CCCC1[C@H](OC)C(C)C(=O)NC(C=CCc1ccccc1)Cc1ccccc1)OC)N(C)[C@@H](C(=O)NC(=O)[C@@H](NC)C(C)C)C(C)C. The molecule has 3 unspecified atom stereocenters. The number of nitrogens with one attached hydrogen (secondary N) is 3. The zero-order valence-corrected chi connectivity index (χ0v) is 37.1. The van der Waals surface area contributed by atoms with Crippen LogP contribution in [0.4, 0.5) is 0 Å². The van der Waals surface area contributed by atoms with E-state index in [1.165, 1.54) is 5.56 Å². The van der Waals surface area contributed by atoms with Gasteiger partial charge in [0.05, 0.1) is 48.7 Å². The quantitative estimate of drug-likeness (QED) is 0.120. The van der Waals surface area contributed by atoms with Crippen LogP contribution < -0.4 is 16.0 Å². The summed E-state index contributed by atoms with van der Waals surface area (Å²) in [6.07, 6.45) is 6.91. The molecule has 3 rings (SSSR count). The van der Waals surface area contributed by atoms with Crippen LogP contribution in [0.1, 0.15) is 85.3 Å². The summed E-state index contributed by atoms with van der Waals surface area (Å²) < 4.78 is 12.2. The molecule has 0 aromatic heterocycles. The highest BCUT2D eigenvalue weighted by Gasteiger charge is 2.43. The monoisotopic (exact) mass is 804 g/mol. The first-order valence-electron chi connectivity index (χ1n) is 21.3. The number of hydrogen-bond donors (Lipinski definition) is 3. The minimum atomic E-state index is -0.643. The summed E-state index contributed by atoms with van der Waals surface area (Å²) in [5, 5.41) is 8.96. The Balaban J connectivity index is 1.79. The van der Waals surface area contributed by atoms with Crippen molar-refractivity contribution in [2.24, 2.45) is 23.7 Å². The van der Waals surface area contributed by atoms with Crippen molar-refractivity contribution in [3.05, 3.63) is 83.9 Å². The smallest absolute Gasteiger partial charge is 0.244 e. The highest BCUT2D eigenvalue weighted by atomic mass is 16.5. The molecule has 11 heteroatoms. The van der Waals surface area contributed by atoms with Gasteiger partial charge in [-0.2, -0.15) is 0 Å². The Morgan fingerprint density at radius 3 is 2.02 bits per heavy atom. The fourth-order valence-electron chi connectivity index (χ4n) is 8.71. The lowest BCUT2D eigenvalue weighted by molar-refractivity contribution is -0.144. The number of amides is 4. The molecular weight excluding hydrogens is 731 g/mol. The number of carbonyl (C=O) groups excluding carboxylic acids is 4. The topological polar surface area (TPSA) is 129 Å². The average molecular weight is 804 g/mol. The highest BCUT2D eigenvalue weighted by Crippen LogP contribution is 2.30. The predicted octanol–water partition coefficient (Wildman–Crippen LogP) is 5.82. The van der Waals surface area contributed by atoms with Gasteiger partial charge in [0.2, 0.25) is 23.6 Å². The number of imide groups is 1. The van der Waals surface area contributed by atoms with Gasteiger partial charge in [-0.3, -0.25) is 29.4 Å². The number of allylic oxidation sites excluding steroid dienone is 1. The lowest BCUT2D eigenvalue weighted by Gasteiger charge is -2.43. The summed E-state index contributed by atoms with van der Waals surface area (Å²) in [7, 11) is 6.83. The maximum atomic E-state index is 14.4. The largest absolute Gasteiger partial charge is 0.379 e. The van der Waals surface area contributed by atoms with Crippen molar-refractivity contribution in [1.82, 2.24) is 25.8 Å². The van der Waals surface area contributed by atoms with Gasteiger partial charge in [-0.25, -0.2) is 0 Å². The number of hydrogen-bond acceptors (Lipinski definition) is 8. The van der Waals surface area contributed by atoms with Crippen molar-refractivity contribution in [2.75, 3.05) is 34.9 Å². The van der Waals surface area contributed by atoms with Crippen LogP contribution in [-0.2, 0) is 41.5 Å². The Morgan fingerprint density at radius 2 is 1.48 bits per heavy atom. The Kier molecular flexibility index (Phi) is 20.3. The van der Waals surface area contributed by atoms with Crippen molar-refractivity contribution >= 4 is 23.6 Å². The number of likely N-dealkylation sites (N-methyl/N-ethyl adjacent to an activating group) is 2. The molecule has 1 aliphatic rings. The third-order valence-corrected chi connectivity index (χ3v) is 12.0. The Labute approximate surface area is 349 Å². The standard InChI is InChI=1S/C47H73N5O6/c1-12-33(6)43(51(9)42(32(4)5)47(56)50-46(55)41(48-8)31(2)3)39(57-10)30-40(53)52-28-20-27-38(52)44(58-11)34(7)45(54)49-37(29-36-23-17-14-18-24-36)26-19-25-35-21-15-13-16-22-35/h13-19,21-24,26,31-34,37-39,41-44,48H,12,20,25,27-30H2,1-11H3,(H,49,54)(H,50,55,56)/t33-,34?,37?,38?,39+,41-,42+,43-,44+/m0/s1. The third kappa shape index (κ3) is 13.6. The van der Waals surface area contributed by atoms with Gasteiger partial charge in [0.25, 0.3) is 0 Å². The van der Waals surface area contributed by atoms with E-state index in [0.29, 0.717) is 19.4 Å². The van der Waals surface area contributed by atoms with Crippen LogP contribution in [-0.4, -0.2) is 111 Å². The fraction of sp³-hybridized carbons (Fsp3) is 0.617. The van der Waals surface area contributed by atoms with Crippen molar-refractivity contribution < 1.29 is 28.7 Å². The molecule has 0 bridgehead atoms. The lowest BCUT2D eigenvalue weighted by Crippen LogP contribution is -2.60. The van der Waals surface area contributed by atoms with Crippen LogP contribution in [0.5, 0.6) is 0 Å². The van der Waals surface area contributed by atoms with E-state index in [0.717, 1.165) is 24.8 Å². The number of ether oxygens (including phenoxy) is 2. The van der Waals surface area contributed by atoms with Crippen molar-refractivity contribution in [3.8, 4) is 0 Å². The van der Waals surface area contributed by atoms with E-state index in [2.05, 4.69) is 66.2 Å². The second-order valence-electron chi connectivity index (χ2n) is 16.8. The van der Waals surface area contributed by atoms with Crippen molar-refractivity contribution in [1.29, 1.82) is 0 Å². The predicted molar refractivity (Wildman–Crippen MR) is 232 cm³/mol. The average Bonchev–Trinajstić information content (AvgIpc) is 3.68. The fourth-order valence-corrected chi connectivity index (χ4v) is 8.71. The Bertz CT molecular complexity index is 1590. The van der Waals surface area contributed by atoms with Crippen LogP contribution in [0.15, 0.2) is 72.8 Å². The van der Waals surface area contributed by atoms with E-state index in [9.17, 15) is 19.2 Å². The van der Waals surface area contributed by atoms with Gasteiger partial charge in [0, 0.05) is 26.8 Å². The molecule has 4 amide bonds. The molecule has 0 saturated carbocycles. The molecule has 3 N–H and O–H groups in total.